The highest BCUT2D eigenvalue weighted by Crippen LogP contribution is 1.99. The Morgan fingerprint density at radius 1 is 1.78 bits per heavy atom. The van der Waals surface area contributed by atoms with Crippen LogP contribution in [0.25, 0.3) is 0 Å². The van der Waals surface area contributed by atoms with Gasteiger partial charge in [-0.15, -0.1) is 0 Å². The predicted molar refractivity (Wildman–Crippen MR) is 39.1 cm³/mol. The van der Waals surface area contributed by atoms with Gasteiger partial charge >= 0.3 is 0 Å². The Balaban J connectivity index is 4.01. The van der Waals surface area contributed by atoms with Crippen LogP contribution >= 0.6 is 12.2 Å². The fourth-order valence-electron chi connectivity index (χ4n) is 0.422. The van der Waals surface area contributed by atoms with Gasteiger partial charge in [0.05, 0.1) is 0 Å². The van der Waals surface area contributed by atoms with Gasteiger partial charge < -0.3 is 0 Å². The summed E-state index contributed by atoms with van der Waals surface area (Å²) >= 11 is 4.44. The van der Waals surface area contributed by atoms with E-state index in [2.05, 4.69) is 22.2 Å². The molecule has 0 aliphatic rings. The van der Waals surface area contributed by atoms with Gasteiger partial charge in [0.1, 0.15) is 5.70 Å². The third-order valence-corrected chi connectivity index (χ3v) is 1.02. The molecule has 0 fully saturated rings. The van der Waals surface area contributed by atoms with Crippen LogP contribution < -0.4 is 0 Å². The molecule has 0 aliphatic heterocycles. The number of aliphatic imine (C=N–C) groups is 1. The fraction of sp³-hybridized carbons (Fsp3) is 0.500. The van der Waals surface area contributed by atoms with Crippen LogP contribution in [0.5, 0.6) is 0 Å². The first-order valence-electron chi connectivity index (χ1n) is 2.67. The second-order valence-corrected chi connectivity index (χ2v) is 1.71. The molecule has 0 aromatic heterocycles. The Bertz CT molecular complexity index is 175. The maximum absolute atomic E-state index is 9.65. The van der Waals surface area contributed by atoms with E-state index in [-0.39, 0.29) is 0 Å². The third-order valence-electron chi connectivity index (χ3n) is 0.785. The van der Waals surface area contributed by atoms with Crippen molar-refractivity contribution in [1.29, 1.82) is 0 Å². The van der Waals surface area contributed by atoms with Crippen molar-refractivity contribution in [3.05, 3.63) is 5.70 Å². The summed E-state index contributed by atoms with van der Waals surface area (Å²) < 4.78 is 0. The lowest BCUT2D eigenvalue weighted by Gasteiger charge is -1.86. The van der Waals surface area contributed by atoms with E-state index in [0.29, 0.717) is 12.1 Å². The molecule has 0 rings (SSSR count). The van der Waals surface area contributed by atoms with Crippen LogP contribution in [0.4, 0.5) is 0 Å². The van der Waals surface area contributed by atoms with Crippen molar-refractivity contribution in [3.8, 4) is 0 Å². The van der Waals surface area contributed by atoms with Crippen LogP contribution in [0.3, 0.4) is 0 Å². The van der Waals surface area contributed by atoms with Crippen LogP contribution in [0.2, 0.25) is 0 Å². The number of thiocarbonyl (C=S) groups is 1. The van der Waals surface area contributed by atoms with Gasteiger partial charge in [0, 0.05) is 0 Å². The van der Waals surface area contributed by atoms with E-state index in [0.717, 1.165) is 6.42 Å². The van der Waals surface area contributed by atoms with Gasteiger partial charge in [-0.05, 0) is 30.1 Å². The first-order chi connectivity index (χ1) is 4.35. The lowest BCUT2D eigenvalue weighted by Crippen LogP contribution is -1.75. The molecule has 0 spiro atoms. The molecule has 0 atom stereocenters. The Hall–Kier alpha value is -0.750. The van der Waals surface area contributed by atoms with Crippen molar-refractivity contribution in [2.24, 2.45) is 4.99 Å². The molecule has 0 aliphatic carbocycles. The summed E-state index contributed by atoms with van der Waals surface area (Å²) in [6.07, 6.45) is 3.04. The predicted octanol–water partition coefficient (Wildman–Crippen LogP) is 1.60. The Morgan fingerprint density at radius 3 is 2.78 bits per heavy atom. The van der Waals surface area contributed by atoms with E-state index in [4.69, 9.17) is 0 Å². The largest absolute Gasteiger partial charge is 0.240 e. The smallest absolute Gasteiger partial charge is 0.211 e. The van der Waals surface area contributed by atoms with Crippen molar-refractivity contribution in [3.63, 3.8) is 0 Å². The molecular weight excluding hydrogens is 134 g/mol. The molecule has 9 heavy (non-hydrogen) atoms. The maximum atomic E-state index is 9.65. The van der Waals surface area contributed by atoms with Gasteiger partial charge in [-0.25, -0.2) is 4.79 Å². The van der Waals surface area contributed by atoms with Crippen LogP contribution in [0, 0.1) is 0 Å². The highest BCUT2D eigenvalue weighted by atomic mass is 32.1. The molecule has 0 unspecified atom stereocenters. The molecule has 0 radical (unpaired) electrons. The molecule has 3 heteroatoms. The molecule has 0 heterocycles. The third kappa shape index (κ3) is 3.80. The van der Waals surface area contributed by atoms with Gasteiger partial charge in [0.15, 0.2) is 0 Å². The molecule has 0 N–H and O–H groups in total. The number of isocyanates is 1. The van der Waals surface area contributed by atoms with E-state index in [1.54, 1.807) is 0 Å². The summed E-state index contributed by atoms with van der Waals surface area (Å²) in [5, 5.41) is 2.37. The SMILES string of the molecule is CCCC(=C=S)N=C=O. The molecule has 0 saturated heterocycles. The number of rotatable bonds is 3. The first-order valence-corrected chi connectivity index (χ1v) is 3.07. The van der Waals surface area contributed by atoms with Crippen LogP contribution in [-0.4, -0.2) is 11.1 Å². The zero-order valence-electron chi connectivity index (χ0n) is 5.18. The zero-order valence-corrected chi connectivity index (χ0v) is 5.99. The summed E-state index contributed by atoms with van der Waals surface area (Å²) in [4.78, 5) is 13.0. The van der Waals surface area contributed by atoms with E-state index >= 15 is 0 Å². The average Bonchev–Trinajstić information content (AvgIpc) is 1.88. The first kappa shape index (κ1) is 8.25. The molecule has 48 valence electrons. The monoisotopic (exact) mass is 141 g/mol. The molecule has 2 nitrogen and oxygen atoms in total. The summed E-state index contributed by atoms with van der Waals surface area (Å²) in [6.45, 7) is 1.98. The summed E-state index contributed by atoms with van der Waals surface area (Å²) in [6, 6.07) is 0. The normalized spacial score (nSPS) is 7.22. The minimum atomic E-state index is 0.516. The molecular formula is C6H7NOS. The van der Waals surface area contributed by atoms with E-state index in [9.17, 15) is 4.79 Å². The van der Waals surface area contributed by atoms with Gasteiger partial charge in [0.25, 0.3) is 0 Å². The van der Waals surface area contributed by atoms with Gasteiger partial charge in [-0.2, -0.15) is 4.99 Å². The molecule has 0 aromatic rings. The van der Waals surface area contributed by atoms with E-state index < -0.39 is 0 Å². The standard InChI is InChI=1S/C6H7NOS/c1-2-3-6(4-9)7-5-8/h2-3H2,1H3. The summed E-state index contributed by atoms with van der Waals surface area (Å²) in [5.74, 6) is 0. The van der Waals surface area contributed by atoms with Gasteiger partial charge in [-0.3, -0.25) is 0 Å². The topological polar surface area (TPSA) is 29.4 Å². The molecule has 0 saturated carbocycles. The summed E-state index contributed by atoms with van der Waals surface area (Å²) in [7, 11) is 0. The molecule has 0 amide bonds. The number of allylic oxidation sites excluding steroid dienone is 1. The van der Waals surface area contributed by atoms with Crippen molar-refractivity contribution in [2.75, 3.05) is 0 Å². The van der Waals surface area contributed by atoms with Crippen molar-refractivity contribution in [1.82, 2.24) is 0 Å². The molecule has 0 aromatic carbocycles. The van der Waals surface area contributed by atoms with E-state index in [1.807, 2.05) is 6.92 Å². The average molecular weight is 141 g/mol. The van der Waals surface area contributed by atoms with Gasteiger partial charge in [-0.1, -0.05) is 6.92 Å². The maximum Gasteiger partial charge on any atom is 0.240 e. The Morgan fingerprint density at radius 2 is 2.44 bits per heavy atom. The number of carbonyl (C=O) groups excluding carboxylic acids is 1. The second-order valence-electron chi connectivity index (χ2n) is 1.50. The zero-order chi connectivity index (χ0) is 7.11. The van der Waals surface area contributed by atoms with E-state index in [1.165, 1.54) is 6.08 Å². The lowest BCUT2D eigenvalue weighted by molar-refractivity contribution is 0.564. The lowest BCUT2D eigenvalue weighted by atomic mass is 10.3. The number of nitrogens with zero attached hydrogens (tertiary/aromatic N) is 1. The van der Waals surface area contributed by atoms with Crippen molar-refractivity contribution in [2.45, 2.75) is 19.8 Å². The summed E-state index contributed by atoms with van der Waals surface area (Å²) in [5.41, 5.74) is 0.516. The van der Waals surface area contributed by atoms with Gasteiger partial charge in [0.2, 0.25) is 6.08 Å². The Labute approximate surface area is 59.3 Å². The van der Waals surface area contributed by atoms with Crippen molar-refractivity contribution >= 4 is 23.3 Å². The van der Waals surface area contributed by atoms with Crippen LogP contribution in [-0.2, 0) is 4.79 Å². The second kappa shape index (κ2) is 5.39. The van der Waals surface area contributed by atoms with Crippen molar-refractivity contribution < 1.29 is 4.79 Å². The number of hydrogen-bond donors (Lipinski definition) is 0. The fourth-order valence-corrected chi connectivity index (χ4v) is 0.569. The molecule has 0 bridgehead atoms. The van der Waals surface area contributed by atoms with Crippen LogP contribution in [0.1, 0.15) is 19.8 Å². The quantitative estimate of drug-likeness (QED) is 0.339. The Kier molecular flexibility index (Phi) is 4.94. The highest BCUT2D eigenvalue weighted by molar-refractivity contribution is 7.78. The van der Waals surface area contributed by atoms with Crippen LogP contribution in [0.15, 0.2) is 10.7 Å². The minimum absolute atomic E-state index is 0.516. The number of hydrogen-bond acceptors (Lipinski definition) is 3. The highest BCUT2D eigenvalue weighted by Gasteiger charge is 1.88. The minimum Gasteiger partial charge on any atom is -0.211 e.